The van der Waals surface area contributed by atoms with Crippen LogP contribution in [0.3, 0.4) is 0 Å². The number of nitrogens with one attached hydrogen (secondary N) is 1. The van der Waals surface area contributed by atoms with E-state index in [0.29, 0.717) is 35.6 Å². The molecule has 2 atom stereocenters. The van der Waals surface area contributed by atoms with Gasteiger partial charge in [0, 0.05) is 5.69 Å². The Morgan fingerprint density at radius 1 is 0.816 bits per heavy atom. The fourth-order valence-corrected chi connectivity index (χ4v) is 4.54. The van der Waals surface area contributed by atoms with Crippen LogP contribution in [0.25, 0.3) is 11.1 Å². The lowest BCUT2D eigenvalue weighted by Crippen LogP contribution is -2.16. The Balaban J connectivity index is 2.11. The van der Waals surface area contributed by atoms with Crippen LogP contribution in [0.2, 0.25) is 0 Å². The first-order chi connectivity index (χ1) is 18.0. The minimum atomic E-state index is -1.52. The average Bonchev–Trinajstić information content (AvgIpc) is 2.87. The van der Waals surface area contributed by atoms with Crippen LogP contribution in [-0.4, -0.2) is 11.1 Å². The molecule has 0 spiro atoms. The highest BCUT2D eigenvalue weighted by Gasteiger charge is 2.24. The van der Waals surface area contributed by atoms with Gasteiger partial charge < -0.3 is 10.4 Å². The molecule has 0 saturated carbocycles. The Kier molecular flexibility index (Phi) is 9.95. The summed E-state index contributed by atoms with van der Waals surface area (Å²) >= 11 is 0. The van der Waals surface area contributed by atoms with Crippen LogP contribution in [0.5, 0.6) is 0 Å². The number of carbonyl (C=O) groups is 1. The average molecular weight is 530 g/mol. The van der Waals surface area contributed by atoms with E-state index in [2.05, 4.69) is 5.32 Å². The van der Waals surface area contributed by atoms with Crippen LogP contribution in [0.1, 0.15) is 75.6 Å². The van der Waals surface area contributed by atoms with E-state index in [9.17, 15) is 27.5 Å². The largest absolute Gasteiger partial charge is 0.481 e. The molecule has 0 aliphatic heterocycles. The molecule has 3 rings (SSSR count). The minimum absolute atomic E-state index is 0.129. The van der Waals surface area contributed by atoms with Crippen LogP contribution >= 0.6 is 0 Å². The Bertz CT molecular complexity index is 1220. The topological polar surface area (TPSA) is 49.3 Å². The number of carboxylic acid groups (broad SMARTS) is 1. The molecule has 3 aromatic rings. The van der Waals surface area contributed by atoms with E-state index >= 15 is 0 Å². The molecular formula is C31H35F4NO2. The Hall–Kier alpha value is -3.35. The van der Waals surface area contributed by atoms with E-state index in [1.165, 1.54) is 0 Å². The minimum Gasteiger partial charge on any atom is -0.481 e. The quantitative estimate of drug-likeness (QED) is 0.182. The van der Waals surface area contributed by atoms with Crippen LogP contribution < -0.4 is 5.32 Å². The van der Waals surface area contributed by atoms with E-state index < -0.39 is 42.1 Å². The zero-order valence-corrected chi connectivity index (χ0v) is 22.2. The monoisotopic (exact) mass is 529 g/mol. The van der Waals surface area contributed by atoms with E-state index in [-0.39, 0.29) is 11.5 Å². The molecule has 0 radical (unpaired) electrons. The van der Waals surface area contributed by atoms with Crippen molar-refractivity contribution in [3.8, 4) is 11.1 Å². The molecule has 0 bridgehead atoms. The van der Waals surface area contributed by atoms with Gasteiger partial charge in [-0.05, 0) is 83.2 Å². The summed E-state index contributed by atoms with van der Waals surface area (Å²) in [6.45, 7) is 7.38. The van der Waals surface area contributed by atoms with Crippen LogP contribution in [0, 0.1) is 29.3 Å². The maximum absolute atomic E-state index is 14.1. The first kappa shape index (κ1) is 29.2. The van der Waals surface area contributed by atoms with Crippen molar-refractivity contribution >= 4 is 11.7 Å². The summed E-state index contributed by atoms with van der Waals surface area (Å²) in [5.41, 5.74) is 3.45. The first-order valence-electron chi connectivity index (χ1n) is 12.9. The summed E-state index contributed by atoms with van der Waals surface area (Å²) in [5.74, 6) is -5.32. The molecule has 3 nitrogen and oxygen atoms in total. The summed E-state index contributed by atoms with van der Waals surface area (Å²) < 4.78 is 55.0. The fourth-order valence-electron chi connectivity index (χ4n) is 4.54. The Morgan fingerprint density at radius 3 is 1.97 bits per heavy atom. The maximum Gasteiger partial charge on any atom is 0.310 e. The molecule has 0 heterocycles. The van der Waals surface area contributed by atoms with Gasteiger partial charge in [0.05, 0.1) is 12.0 Å². The first-order valence-corrected chi connectivity index (χ1v) is 12.9. The molecule has 0 aromatic heterocycles. The second-order valence-electron chi connectivity index (χ2n) is 10.7. The number of anilines is 1. The highest BCUT2D eigenvalue weighted by Crippen LogP contribution is 2.35. The van der Waals surface area contributed by atoms with Crippen molar-refractivity contribution in [2.45, 2.75) is 65.6 Å². The van der Waals surface area contributed by atoms with Crippen molar-refractivity contribution in [3.05, 3.63) is 88.7 Å². The predicted molar refractivity (Wildman–Crippen MR) is 143 cm³/mol. The van der Waals surface area contributed by atoms with Gasteiger partial charge in [-0.3, -0.25) is 4.79 Å². The van der Waals surface area contributed by atoms with Crippen molar-refractivity contribution in [1.29, 1.82) is 0 Å². The molecule has 7 heteroatoms. The van der Waals surface area contributed by atoms with Gasteiger partial charge in [-0.15, -0.1) is 0 Å². The smallest absolute Gasteiger partial charge is 0.310 e. The van der Waals surface area contributed by atoms with Crippen molar-refractivity contribution in [2.24, 2.45) is 11.8 Å². The molecule has 0 aliphatic rings. The summed E-state index contributed by atoms with van der Waals surface area (Å²) in [5, 5.41) is 13.3. The molecule has 0 amide bonds. The molecule has 0 saturated heterocycles. The van der Waals surface area contributed by atoms with Gasteiger partial charge in [-0.25, -0.2) is 17.6 Å². The maximum atomic E-state index is 14.1. The van der Waals surface area contributed by atoms with Crippen LogP contribution in [-0.2, 0) is 11.5 Å². The molecule has 0 fully saturated rings. The van der Waals surface area contributed by atoms with Crippen molar-refractivity contribution in [2.75, 3.05) is 5.32 Å². The zero-order chi connectivity index (χ0) is 28.0. The predicted octanol–water partition coefficient (Wildman–Crippen LogP) is 9.04. The van der Waals surface area contributed by atoms with Crippen molar-refractivity contribution in [1.82, 2.24) is 0 Å². The summed E-state index contributed by atoms with van der Waals surface area (Å²) in [6, 6.07) is 13.7. The van der Waals surface area contributed by atoms with Crippen LogP contribution in [0.4, 0.5) is 23.2 Å². The molecule has 38 heavy (non-hydrogen) atoms. The summed E-state index contributed by atoms with van der Waals surface area (Å²) in [7, 11) is 0. The number of rotatable bonds is 12. The lowest BCUT2D eigenvalue weighted by molar-refractivity contribution is -0.139. The number of benzene rings is 3. The molecular weight excluding hydrogens is 494 g/mol. The van der Waals surface area contributed by atoms with Gasteiger partial charge in [0.15, 0.2) is 17.5 Å². The SMILES string of the molecule is CC(C)CCC(Nc1cc(-c2ccc(CF)cc2)cc(C(CC(C)C)C(=O)O)c1)c1cc(F)c(F)c(F)c1. The standard InChI is InChI=1S/C31H35F4NO2/c1-18(2)5-10-29(24-15-27(33)30(35)28(34)16-24)36-25-13-22(21-8-6-20(17-32)7-9-21)12-23(14-25)26(31(37)38)11-19(3)4/h6-9,12-16,18-19,26,29,36H,5,10-11,17H2,1-4H3,(H,37,38). The lowest BCUT2D eigenvalue weighted by Gasteiger charge is -2.24. The third-order valence-electron chi connectivity index (χ3n) is 6.59. The Morgan fingerprint density at radius 2 is 1.45 bits per heavy atom. The van der Waals surface area contributed by atoms with Gasteiger partial charge >= 0.3 is 5.97 Å². The van der Waals surface area contributed by atoms with Gasteiger partial charge in [0.1, 0.15) is 6.67 Å². The number of hydrogen-bond donors (Lipinski definition) is 2. The van der Waals surface area contributed by atoms with Gasteiger partial charge in [-0.1, -0.05) is 58.0 Å². The normalized spacial score (nSPS) is 13.1. The number of alkyl halides is 1. The Labute approximate surface area is 221 Å². The molecule has 3 aromatic carbocycles. The number of carboxylic acids is 1. The summed E-state index contributed by atoms with van der Waals surface area (Å²) in [6.07, 6.45) is 1.67. The summed E-state index contributed by atoms with van der Waals surface area (Å²) in [4.78, 5) is 12.2. The second kappa shape index (κ2) is 12.9. The highest BCUT2D eigenvalue weighted by molar-refractivity contribution is 5.79. The van der Waals surface area contributed by atoms with E-state index in [1.807, 2.05) is 39.8 Å². The molecule has 204 valence electrons. The van der Waals surface area contributed by atoms with E-state index in [0.717, 1.165) is 29.7 Å². The molecule has 2 N–H and O–H groups in total. The second-order valence-corrected chi connectivity index (χ2v) is 10.7. The lowest BCUT2D eigenvalue weighted by atomic mass is 9.88. The third kappa shape index (κ3) is 7.59. The number of halogens is 4. The molecule has 2 unspecified atom stereocenters. The molecule has 0 aliphatic carbocycles. The van der Waals surface area contributed by atoms with Crippen molar-refractivity contribution in [3.63, 3.8) is 0 Å². The zero-order valence-electron chi connectivity index (χ0n) is 22.2. The van der Waals surface area contributed by atoms with Gasteiger partial charge in [0.2, 0.25) is 0 Å². The van der Waals surface area contributed by atoms with Crippen molar-refractivity contribution < 1.29 is 27.5 Å². The third-order valence-corrected chi connectivity index (χ3v) is 6.59. The highest BCUT2D eigenvalue weighted by atomic mass is 19.2. The van der Waals surface area contributed by atoms with E-state index in [4.69, 9.17) is 0 Å². The van der Waals surface area contributed by atoms with Gasteiger partial charge in [-0.2, -0.15) is 0 Å². The van der Waals surface area contributed by atoms with Gasteiger partial charge in [0.25, 0.3) is 0 Å². The number of hydrogen-bond acceptors (Lipinski definition) is 2. The fraction of sp³-hybridized carbons (Fsp3) is 0.387. The van der Waals surface area contributed by atoms with Crippen LogP contribution in [0.15, 0.2) is 54.6 Å². The van der Waals surface area contributed by atoms with E-state index in [1.54, 1.807) is 30.3 Å². The number of aliphatic carboxylic acids is 1.